The summed E-state index contributed by atoms with van der Waals surface area (Å²) in [5.74, 6) is -0.364. The third-order valence-electron chi connectivity index (χ3n) is 3.32. The zero-order chi connectivity index (χ0) is 14.8. The minimum absolute atomic E-state index is 0.151. The van der Waals surface area contributed by atoms with Gasteiger partial charge in [-0.05, 0) is 41.1 Å². The van der Waals surface area contributed by atoms with Crippen molar-refractivity contribution in [3.63, 3.8) is 0 Å². The standard InChI is InChI=1S/C17H12BrClFN/c18-14-6-4-12-9-15(7-5-11(12)8-14)21-10-13-2-1-3-16(19)17(13)20/h1-9,21H,10H2. The van der Waals surface area contributed by atoms with Crippen LogP contribution in [-0.4, -0.2) is 0 Å². The smallest absolute Gasteiger partial charge is 0.146 e. The molecule has 106 valence electrons. The molecule has 0 amide bonds. The lowest BCUT2D eigenvalue weighted by Crippen LogP contribution is -2.02. The highest BCUT2D eigenvalue weighted by Crippen LogP contribution is 2.24. The summed E-state index contributed by atoms with van der Waals surface area (Å²) in [4.78, 5) is 0. The molecule has 0 atom stereocenters. The lowest BCUT2D eigenvalue weighted by atomic mass is 10.1. The van der Waals surface area contributed by atoms with Crippen molar-refractivity contribution in [2.24, 2.45) is 0 Å². The Kier molecular flexibility index (Phi) is 4.13. The molecule has 0 heterocycles. The van der Waals surface area contributed by atoms with Crippen LogP contribution in [0.25, 0.3) is 10.8 Å². The van der Waals surface area contributed by atoms with Crippen LogP contribution in [-0.2, 0) is 6.54 Å². The van der Waals surface area contributed by atoms with Gasteiger partial charge < -0.3 is 5.32 Å². The monoisotopic (exact) mass is 363 g/mol. The second-order valence-corrected chi connectivity index (χ2v) is 6.10. The predicted octanol–water partition coefficient (Wildman–Crippen LogP) is 6.01. The average molecular weight is 365 g/mol. The van der Waals surface area contributed by atoms with E-state index < -0.39 is 0 Å². The molecule has 3 aromatic rings. The van der Waals surface area contributed by atoms with Crippen molar-refractivity contribution in [3.05, 3.63) is 75.5 Å². The number of hydrogen-bond acceptors (Lipinski definition) is 1. The van der Waals surface area contributed by atoms with Crippen molar-refractivity contribution in [3.8, 4) is 0 Å². The molecule has 0 spiro atoms. The van der Waals surface area contributed by atoms with Gasteiger partial charge in [-0.2, -0.15) is 0 Å². The van der Waals surface area contributed by atoms with Crippen LogP contribution in [0.2, 0.25) is 5.02 Å². The van der Waals surface area contributed by atoms with E-state index in [9.17, 15) is 4.39 Å². The fraction of sp³-hybridized carbons (Fsp3) is 0.0588. The summed E-state index contributed by atoms with van der Waals surface area (Å²) in [6, 6.07) is 17.2. The van der Waals surface area contributed by atoms with Crippen molar-refractivity contribution < 1.29 is 4.39 Å². The number of rotatable bonds is 3. The van der Waals surface area contributed by atoms with E-state index in [0.717, 1.165) is 20.9 Å². The van der Waals surface area contributed by atoms with E-state index in [0.29, 0.717) is 12.1 Å². The van der Waals surface area contributed by atoms with Gasteiger partial charge in [-0.25, -0.2) is 4.39 Å². The fourth-order valence-corrected chi connectivity index (χ4v) is 2.78. The van der Waals surface area contributed by atoms with Crippen LogP contribution in [0.3, 0.4) is 0 Å². The zero-order valence-corrected chi connectivity index (χ0v) is 13.4. The third kappa shape index (κ3) is 3.20. The second kappa shape index (κ2) is 6.04. The molecule has 3 aromatic carbocycles. The maximum absolute atomic E-state index is 13.8. The topological polar surface area (TPSA) is 12.0 Å². The summed E-state index contributed by atoms with van der Waals surface area (Å²) in [5.41, 5.74) is 1.50. The van der Waals surface area contributed by atoms with E-state index >= 15 is 0 Å². The Morgan fingerprint density at radius 2 is 1.76 bits per heavy atom. The Bertz CT molecular complexity index is 804. The summed E-state index contributed by atoms with van der Waals surface area (Å²) < 4.78 is 14.9. The Balaban J connectivity index is 1.82. The maximum Gasteiger partial charge on any atom is 0.146 e. The van der Waals surface area contributed by atoms with Gasteiger partial charge in [-0.3, -0.25) is 0 Å². The van der Waals surface area contributed by atoms with Gasteiger partial charge >= 0.3 is 0 Å². The van der Waals surface area contributed by atoms with Crippen molar-refractivity contribution in [2.75, 3.05) is 5.32 Å². The molecule has 0 saturated heterocycles. The molecule has 0 radical (unpaired) electrons. The van der Waals surface area contributed by atoms with Gasteiger partial charge in [0.15, 0.2) is 0 Å². The molecule has 0 aliphatic carbocycles. The quantitative estimate of drug-likeness (QED) is 0.600. The van der Waals surface area contributed by atoms with Gasteiger partial charge in [0, 0.05) is 22.3 Å². The summed E-state index contributed by atoms with van der Waals surface area (Å²) in [5, 5.41) is 5.67. The van der Waals surface area contributed by atoms with E-state index in [1.165, 1.54) is 0 Å². The molecule has 0 unspecified atom stereocenters. The van der Waals surface area contributed by atoms with Crippen LogP contribution in [0, 0.1) is 5.82 Å². The molecule has 0 bridgehead atoms. The van der Waals surface area contributed by atoms with Gasteiger partial charge in [-0.15, -0.1) is 0 Å². The predicted molar refractivity (Wildman–Crippen MR) is 90.4 cm³/mol. The third-order valence-corrected chi connectivity index (χ3v) is 4.10. The minimum atomic E-state index is -0.364. The Morgan fingerprint density at radius 3 is 2.62 bits per heavy atom. The molecular weight excluding hydrogens is 353 g/mol. The molecule has 0 fully saturated rings. The van der Waals surface area contributed by atoms with Crippen LogP contribution in [0.15, 0.2) is 59.1 Å². The van der Waals surface area contributed by atoms with Gasteiger partial charge in [-0.1, -0.05) is 51.8 Å². The summed E-state index contributed by atoms with van der Waals surface area (Å²) in [6.45, 7) is 0.397. The van der Waals surface area contributed by atoms with E-state index in [1.807, 2.05) is 30.3 Å². The molecule has 0 aliphatic rings. The highest BCUT2D eigenvalue weighted by atomic mass is 79.9. The van der Waals surface area contributed by atoms with E-state index in [1.54, 1.807) is 18.2 Å². The number of nitrogens with one attached hydrogen (secondary N) is 1. The first-order valence-electron chi connectivity index (χ1n) is 6.49. The van der Waals surface area contributed by atoms with Gasteiger partial charge in [0.1, 0.15) is 5.82 Å². The highest BCUT2D eigenvalue weighted by molar-refractivity contribution is 9.10. The van der Waals surface area contributed by atoms with Crippen molar-refractivity contribution in [2.45, 2.75) is 6.54 Å². The van der Waals surface area contributed by atoms with E-state index in [4.69, 9.17) is 11.6 Å². The molecule has 1 nitrogen and oxygen atoms in total. The van der Waals surface area contributed by atoms with Crippen LogP contribution < -0.4 is 5.32 Å². The Morgan fingerprint density at radius 1 is 1.00 bits per heavy atom. The lowest BCUT2D eigenvalue weighted by Gasteiger charge is -2.09. The first-order chi connectivity index (χ1) is 10.1. The summed E-state index contributed by atoms with van der Waals surface area (Å²) in [6.07, 6.45) is 0. The number of anilines is 1. The van der Waals surface area contributed by atoms with Crippen LogP contribution >= 0.6 is 27.5 Å². The normalized spacial score (nSPS) is 10.8. The molecule has 1 N–H and O–H groups in total. The van der Waals surface area contributed by atoms with Gasteiger partial charge in [0.25, 0.3) is 0 Å². The molecule has 3 rings (SSSR count). The average Bonchev–Trinajstić information content (AvgIpc) is 2.49. The fourth-order valence-electron chi connectivity index (χ4n) is 2.21. The summed E-state index contributed by atoms with van der Waals surface area (Å²) in [7, 11) is 0. The van der Waals surface area contributed by atoms with Crippen LogP contribution in [0.1, 0.15) is 5.56 Å². The molecular formula is C17H12BrClFN. The number of fused-ring (bicyclic) bond motifs is 1. The van der Waals surface area contributed by atoms with Crippen molar-refractivity contribution in [1.82, 2.24) is 0 Å². The molecule has 0 aliphatic heterocycles. The van der Waals surface area contributed by atoms with Gasteiger partial charge in [0.2, 0.25) is 0 Å². The zero-order valence-electron chi connectivity index (χ0n) is 11.0. The first-order valence-corrected chi connectivity index (χ1v) is 7.67. The molecule has 0 saturated carbocycles. The number of hydrogen-bond donors (Lipinski definition) is 1. The van der Waals surface area contributed by atoms with Crippen LogP contribution in [0.5, 0.6) is 0 Å². The second-order valence-electron chi connectivity index (χ2n) is 4.77. The first kappa shape index (κ1) is 14.4. The molecule has 0 aromatic heterocycles. The highest BCUT2D eigenvalue weighted by Gasteiger charge is 2.06. The minimum Gasteiger partial charge on any atom is -0.381 e. The van der Waals surface area contributed by atoms with Crippen molar-refractivity contribution in [1.29, 1.82) is 0 Å². The van der Waals surface area contributed by atoms with E-state index in [-0.39, 0.29) is 10.8 Å². The lowest BCUT2D eigenvalue weighted by molar-refractivity contribution is 0.613. The number of benzene rings is 3. The maximum atomic E-state index is 13.8. The molecule has 21 heavy (non-hydrogen) atoms. The largest absolute Gasteiger partial charge is 0.381 e. The Labute approximate surface area is 135 Å². The SMILES string of the molecule is Fc1c(Cl)cccc1CNc1ccc2cc(Br)ccc2c1. The van der Waals surface area contributed by atoms with E-state index in [2.05, 4.69) is 27.3 Å². The number of halogens is 3. The molecule has 4 heteroatoms. The van der Waals surface area contributed by atoms with Crippen LogP contribution in [0.4, 0.5) is 10.1 Å². The van der Waals surface area contributed by atoms with Gasteiger partial charge in [0.05, 0.1) is 5.02 Å². The van der Waals surface area contributed by atoms with Crippen molar-refractivity contribution >= 4 is 44.0 Å². The Hall–Kier alpha value is -1.58. The summed E-state index contributed by atoms with van der Waals surface area (Å²) >= 11 is 9.24.